The van der Waals surface area contributed by atoms with Crippen LogP contribution in [0.2, 0.25) is 0 Å². The lowest BCUT2D eigenvalue weighted by molar-refractivity contribution is -0.394. The Morgan fingerprint density at radius 1 is 0.710 bits per heavy atom. The molecular weight excluding hydrogens is 457 g/mol. The molecule has 0 aliphatic heterocycles. The van der Waals surface area contributed by atoms with Crippen LogP contribution in [0, 0.1) is 20.2 Å². The second kappa shape index (κ2) is 7.59. The van der Waals surface area contributed by atoms with Crippen molar-refractivity contribution in [3.05, 3.63) is 67.3 Å². The van der Waals surface area contributed by atoms with E-state index in [4.69, 9.17) is 0 Å². The van der Waals surface area contributed by atoms with E-state index in [1.807, 2.05) is 0 Å². The number of hydrogen-bond acceptors (Lipinski definition) is 5. The Kier molecular flexibility index (Phi) is 5.80. The van der Waals surface area contributed by atoms with E-state index in [1.54, 1.807) is 0 Å². The van der Waals surface area contributed by atoms with E-state index in [-0.39, 0.29) is 24.3 Å². The van der Waals surface area contributed by atoms with Crippen molar-refractivity contribution < 1.29 is 49.4 Å². The van der Waals surface area contributed by atoms with Crippen LogP contribution in [0.4, 0.5) is 62.3 Å². The number of hydrogen-bond donors (Lipinski definition) is 1. The first-order valence-corrected chi connectivity index (χ1v) is 7.52. The van der Waals surface area contributed by atoms with Gasteiger partial charge in [0.2, 0.25) is 0 Å². The minimum Gasteiger partial charge on any atom is -0.349 e. The zero-order chi connectivity index (χ0) is 23.9. The highest BCUT2D eigenvalue weighted by Gasteiger charge is 2.42. The number of non-ortho nitro benzene ring substituents is 1. The van der Waals surface area contributed by atoms with Crippen molar-refractivity contribution >= 4 is 22.7 Å². The minimum absolute atomic E-state index is 0.0644. The summed E-state index contributed by atoms with van der Waals surface area (Å²) in [6.45, 7) is 0. The van der Waals surface area contributed by atoms with Crippen LogP contribution < -0.4 is 5.32 Å². The standard InChI is InChI=1S/C15H6F9N3O4/c16-13(17,18)6-1-2-10(8(3-6)14(19,20)21)25-12-9(15(22,23)24)4-7(26(28)29)5-11(12)27(30)31/h1-5,25H. The van der Waals surface area contributed by atoms with E-state index < -0.39 is 73.9 Å². The van der Waals surface area contributed by atoms with E-state index in [0.29, 0.717) is 0 Å². The Hall–Kier alpha value is -3.59. The van der Waals surface area contributed by atoms with Gasteiger partial charge in [0.15, 0.2) is 0 Å². The molecule has 0 aliphatic carbocycles. The van der Waals surface area contributed by atoms with Crippen LogP contribution in [0.3, 0.4) is 0 Å². The molecule has 0 spiro atoms. The molecule has 0 heterocycles. The maximum Gasteiger partial charge on any atom is 0.418 e. The lowest BCUT2D eigenvalue weighted by atomic mass is 10.0. The lowest BCUT2D eigenvalue weighted by Gasteiger charge is -2.19. The van der Waals surface area contributed by atoms with Crippen LogP contribution in [-0.2, 0) is 18.5 Å². The molecule has 0 aromatic heterocycles. The van der Waals surface area contributed by atoms with Gasteiger partial charge < -0.3 is 5.32 Å². The summed E-state index contributed by atoms with van der Waals surface area (Å²) in [5, 5.41) is 23.4. The molecule has 0 radical (unpaired) electrons. The maximum absolute atomic E-state index is 13.3. The number of nitro groups is 2. The van der Waals surface area contributed by atoms with Gasteiger partial charge in [-0.3, -0.25) is 20.2 Å². The number of benzene rings is 2. The topological polar surface area (TPSA) is 98.3 Å². The highest BCUT2D eigenvalue weighted by atomic mass is 19.4. The number of nitrogens with one attached hydrogen (secondary N) is 1. The monoisotopic (exact) mass is 463 g/mol. The predicted molar refractivity (Wildman–Crippen MR) is 84.5 cm³/mol. The van der Waals surface area contributed by atoms with Gasteiger partial charge in [0.05, 0.1) is 38.3 Å². The molecule has 31 heavy (non-hydrogen) atoms. The Morgan fingerprint density at radius 2 is 1.26 bits per heavy atom. The first-order chi connectivity index (χ1) is 13.9. The van der Waals surface area contributed by atoms with Crippen molar-refractivity contribution in [1.29, 1.82) is 0 Å². The Morgan fingerprint density at radius 3 is 1.68 bits per heavy atom. The summed E-state index contributed by atoms with van der Waals surface area (Å²) < 4.78 is 118. The number of nitro benzene ring substituents is 2. The fourth-order valence-electron chi connectivity index (χ4n) is 2.42. The van der Waals surface area contributed by atoms with E-state index >= 15 is 0 Å². The third-order valence-electron chi connectivity index (χ3n) is 3.73. The zero-order valence-corrected chi connectivity index (χ0v) is 14.3. The van der Waals surface area contributed by atoms with Gasteiger partial charge >= 0.3 is 18.5 Å². The van der Waals surface area contributed by atoms with Gasteiger partial charge in [-0.15, -0.1) is 0 Å². The smallest absolute Gasteiger partial charge is 0.349 e. The number of rotatable bonds is 4. The van der Waals surface area contributed by atoms with Crippen LogP contribution in [0.25, 0.3) is 0 Å². The molecule has 0 fully saturated rings. The van der Waals surface area contributed by atoms with Crippen LogP contribution in [0.5, 0.6) is 0 Å². The van der Waals surface area contributed by atoms with Gasteiger partial charge in [-0.25, -0.2) is 0 Å². The second-order valence-corrected chi connectivity index (χ2v) is 5.78. The van der Waals surface area contributed by atoms with Crippen LogP contribution in [0.1, 0.15) is 16.7 Å². The van der Waals surface area contributed by atoms with Gasteiger partial charge in [0.25, 0.3) is 11.4 Å². The summed E-state index contributed by atoms with van der Waals surface area (Å²) in [6.07, 6.45) is -16.2. The summed E-state index contributed by atoms with van der Waals surface area (Å²) >= 11 is 0. The van der Waals surface area contributed by atoms with E-state index in [9.17, 15) is 59.7 Å². The molecule has 7 nitrogen and oxygen atoms in total. The third kappa shape index (κ3) is 5.13. The first kappa shape index (κ1) is 23.7. The summed E-state index contributed by atoms with van der Waals surface area (Å²) in [4.78, 5) is 19.0. The van der Waals surface area contributed by atoms with Gasteiger partial charge in [0.1, 0.15) is 5.69 Å². The van der Waals surface area contributed by atoms with Crippen molar-refractivity contribution in [1.82, 2.24) is 0 Å². The van der Waals surface area contributed by atoms with Gasteiger partial charge in [-0.1, -0.05) is 0 Å². The summed E-state index contributed by atoms with van der Waals surface area (Å²) in [6, 6.07) is -0.243. The normalized spacial score (nSPS) is 12.5. The molecule has 0 aliphatic rings. The molecule has 0 bridgehead atoms. The Balaban J connectivity index is 2.81. The number of nitrogens with zero attached hydrogens (tertiary/aromatic N) is 2. The second-order valence-electron chi connectivity index (χ2n) is 5.78. The van der Waals surface area contributed by atoms with Crippen LogP contribution in [-0.4, -0.2) is 9.85 Å². The molecule has 168 valence electrons. The van der Waals surface area contributed by atoms with Gasteiger partial charge in [-0.2, -0.15) is 39.5 Å². The molecule has 0 saturated carbocycles. The average Bonchev–Trinajstić information content (AvgIpc) is 2.58. The van der Waals surface area contributed by atoms with Crippen LogP contribution >= 0.6 is 0 Å². The Labute approximate surface area is 164 Å². The minimum atomic E-state index is -5.51. The fourth-order valence-corrected chi connectivity index (χ4v) is 2.42. The highest BCUT2D eigenvalue weighted by molar-refractivity contribution is 5.77. The number of halogens is 9. The molecule has 1 N–H and O–H groups in total. The molecule has 16 heteroatoms. The third-order valence-corrected chi connectivity index (χ3v) is 3.73. The maximum atomic E-state index is 13.3. The van der Waals surface area contributed by atoms with Crippen molar-refractivity contribution in [2.24, 2.45) is 0 Å². The molecular formula is C15H6F9N3O4. The lowest BCUT2D eigenvalue weighted by Crippen LogP contribution is -2.15. The molecule has 0 atom stereocenters. The number of alkyl halides is 9. The summed E-state index contributed by atoms with van der Waals surface area (Å²) in [7, 11) is 0. The van der Waals surface area contributed by atoms with Crippen LogP contribution in [0.15, 0.2) is 30.3 Å². The summed E-state index contributed by atoms with van der Waals surface area (Å²) in [5.41, 5.74) is -11.9. The largest absolute Gasteiger partial charge is 0.418 e. The molecule has 2 aromatic rings. The van der Waals surface area contributed by atoms with E-state index in [0.717, 1.165) is 0 Å². The van der Waals surface area contributed by atoms with Crippen molar-refractivity contribution in [3.63, 3.8) is 0 Å². The van der Waals surface area contributed by atoms with E-state index in [2.05, 4.69) is 0 Å². The van der Waals surface area contributed by atoms with Gasteiger partial charge in [0, 0.05) is 6.07 Å². The zero-order valence-electron chi connectivity index (χ0n) is 14.3. The quantitative estimate of drug-likeness (QED) is 0.326. The Bertz CT molecular complexity index is 1050. The van der Waals surface area contributed by atoms with E-state index in [1.165, 1.54) is 5.32 Å². The average molecular weight is 463 g/mol. The molecule has 2 rings (SSSR count). The molecule has 0 amide bonds. The predicted octanol–water partition coefficient (Wildman–Crippen LogP) is 6.30. The molecule has 2 aromatic carbocycles. The fraction of sp³-hybridized carbons (Fsp3) is 0.200. The molecule has 0 unspecified atom stereocenters. The molecule has 0 saturated heterocycles. The van der Waals surface area contributed by atoms with Crippen molar-refractivity contribution in [3.8, 4) is 0 Å². The summed E-state index contributed by atoms with van der Waals surface area (Å²) in [5.74, 6) is 0. The van der Waals surface area contributed by atoms with Crippen molar-refractivity contribution in [2.75, 3.05) is 5.32 Å². The van der Waals surface area contributed by atoms with Gasteiger partial charge in [-0.05, 0) is 18.2 Å². The first-order valence-electron chi connectivity index (χ1n) is 7.52. The number of anilines is 2. The highest BCUT2D eigenvalue weighted by Crippen LogP contribution is 2.46. The SMILES string of the molecule is O=[N+]([O-])c1cc([N+](=O)[O-])c(Nc2ccc(C(F)(F)F)cc2C(F)(F)F)c(C(F)(F)F)c1. The van der Waals surface area contributed by atoms with Crippen molar-refractivity contribution in [2.45, 2.75) is 18.5 Å².